The molecule has 2 rings (SSSR count). The third kappa shape index (κ3) is 2.30. The monoisotopic (exact) mass is 294 g/mol. The predicted octanol–water partition coefficient (Wildman–Crippen LogP) is 2.65. The van der Waals surface area contributed by atoms with Crippen LogP contribution in [-0.4, -0.2) is 24.5 Å². The summed E-state index contributed by atoms with van der Waals surface area (Å²) in [6, 6.07) is 4.06. The molecule has 0 spiro atoms. The van der Waals surface area contributed by atoms with Gasteiger partial charge in [-0.3, -0.25) is 0 Å². The lowest BCUT2D eigenvalue weighted by molar-refractivity contribution is -0.227. The zero-order chi connectivity index (χ0) is 15.1. The smallest absolute Gasteiger partial charge is 0.428 e. The Balaban J connectivity index is 2.54. The summed E-state index contributed by atoms with van der Waals surface area (Å²) in [7, 11) is 0. The first-order valence-corrected chi connectivity index (χ1v) is 5.64. The van der Waals surface area contributed by atoms with E-state index < -0.39 is 35.8 Å². The van der Waals surface area contributed by atoms with Crippen molar-refractivity contribution in [3.05, 3.63) is 35.6 Å². The highest BCUT2D eigenvalue weighted by atomic mass is 19.4. The molecule has 0 fully saturated rings. The Labute approximate surface area is 111 Å². The lowest BCUT2D eigenvalue weighted by atomic mass is 9.84. The molecule has 0 aromatic heterocycles. The van der Waals surface area contributed by atoms with Crippen LogP contribution in [0.25, 0.3) is 0 Å². The predicted molar refractivity (Wildman–Crippen MR) is 61.2 cm³/mol. The minimum absolute atomic E-state index is 0.312. The summed E-state index contributed by atoms with van der Waals surface area (Å²) in [5.41, 5.74) is 2.77. The summed E-state index contributed by atoms with van der Waals surface area (Å²) in [5.74, 6) is -0.864. The van der Waals surface area contributed by atoms with E-state index in [2.05, 4.69) is 9.73 Å². The highest BCUT2D eigenvalue weighted by Gasteiger charge is 2.58. The van der Waals surface area contributed by atoms with Gasteiger partial charge in [0.05, 0.1) is 0 Å². The summed E-state index contributed by atoms with van der Waals surface area (Å²) in [4.78, 5) is 3.55. The van der Waals surface area contributed by atoms with Crippen LogP contribution in [0.3, 0.4) is 0 Å². The Morgan fingerprint density at radius 1 is 1.30 bits per heavy atom. The molecule has 0 amide bonds. The normalized spacial score (nSPS) is 30.6. The highest BCUT2D eigenvalue weighted by Crippen LogP contribution is 2.42. The molecule has 1 aromatic rings. The van der Waals surface area contributed by atoms with Crippen LogP contribution in [0, 0.1) is 5.82 Å². The van der Waals surface area contributed by atoms with E-state index in [4.69, 9.17) is 5.73 Å². The molecular weight excluding hydrogens is 283 g/mol. The van der Waals surface area contributed by atoms with Crippen molar-refractivity contribution in [1.29, 1.82) is 0 Å². The highest BCUT2D eigenvalue weighted by molar-refractivity contribution is 5.73. The van der Waals surface area contributed by atoms with Gasteiger partial charge in [0.25, 0.3) is 6.02 Å². The van der Waals surface area contributed by atoms with E-state index in [-0.39, 0.29) is 5.56 Å². The lowest BCUT2D eigenvalue weighted by Crippen LogP contribution is -2.55. The van der Waals surface area contributed by atoms with Crippen LogP contribution in [0.1, 0.15) is 12.5 Å². The van der Waals surface area contributed by atoms with Gasteiger partial charge in [-0.15, -0.1) is 0 Å². The van der Waals surface area contributed by atoms with E-state index in [1.807, 2.05) is 0 Å². The molecule has 8 heteroatoms. The van der Waals surface area contributed by atoms with Gasteiger partial charge in [-0.25, -0.2) is 13.8 Å². The Morgan fingerprint density at radius 3 is 2.45 bits per heavy atom. The van der Waals surface area contributed by atoms with E-state index in [9.17, 15) is 22.0 Å². The van der Waals surface area contributed by atoms with Crippen LogP contribution in [0.4, 0.5) is 22.0 Å². The molecule has 2 N–H and O–H groups in total. The summed E-state index contributed by atoms with van der Waals surface area (Å²) < 4.78 is 70.5. The van der Waals surface area contributed by atoms with Gasteiger partial charge in [0.1, 0.15) is 11.4 Å². The van der Waals surface area contributed by atoms with Crippen LogP contribution in [0.15, 0.2) is 29.3 Å². The quantitative estimate of drug-likeness (QED) is 0.809. The zero-order valence-electron chi connectivity index (χ0n) is 10.3. The largest absolute Gasteiger partial charge is 0.449 e. The number of amidine groups is 1. The number of hydrogen-bond acceptors (Lipinski definition) is 3. The number of nitrogens with two attached hydrogens (primary N) is 1. The molecular formula is C12H11F5N2O. The number of halogens is 5. The number of hydrogen-bond donors (Lipinski definition) is 1. The molecule has 1 heterocycles. The van der Waals surface area contributed by atoms with Crippen molar-refractivity contribution in [3.63, 3.8) is 0 Å². The first-order chi connectivity index (χ1) is 9.16. The number of ether oxygens (including phenoxy) is 1. The van der Waals surface area contributed by atoms with Crippen LogP contribution in [0.5, 0.6) is 0 Å². The zero-order valence-corrected chi connectivity index (χ0v) is 10.3. The van der Waals surface area contributed by atoms with Gasteiger partial charge in [-0.2, -0.15) is 13.2 Å². The molecule has 110 valence electrons. The lowest BCUT2D eigenvalue weighted by Gasteiger charge is -2.38. The number of nitrogens with zero attached hydrogens (tertiary/aromatic N) is 1. The van der Waals surface area contributed by atoms with E-state index in [1.54, 1.807) is 0 Å². The Morgan fingerprint density at radius 2 is 1.90 bits per heavy atom. The number of rotatable bonds is 1. The van der Waals surface area contributed by atoms with Crippen molar-refractivity contribution in [2.75, 3.05) is 0 Å². The maximum absolute atomic E-state index is 14.3. The number of aliphatic imine (C=N–C) groups is 1. The fourth-order valence-corrected chi connectivity index (χ4v) is 2.11. The van der Waals surface area contributed by atoms with Crippen molar-refractivity contribution in [3.8, 4) is 0 Å². The van der Waals surface area contributed by atoms with Crippen LogP contribution >= 0.6 is 0 Å². The van der Waals surface area contributed by atoms with Gasteiger partial charge in [0.15, 0.2) is 6.17 Å². The molecule has 0 bridgehead atoms. The molecule has 3 atom stereocenters. The van der Waals surface area contributed by atoms with Crippen molar-refractivity contribution in [2.24, 2.45) is 10.7 Å². The van der Waals surface area contributed by atoms with Crippen LogP contribution in [0.2, 0.25) is 0 Å². The minimum atomic E-state index is -4.98. The summed E-state index contributed by atoms with van der Waals surface area (Å²) in [6.45, 7) is 1.05. The maximum atomic E-state index is 14.3. The second-order valence-corrected chi connectivity index (χ2v) is 4.56. The molecule has 0 saturated heterocycles. The van der Waals surface area contributed by atoms with E-state index >= 15 is 0 Å². The van der Waals surface area contributed by atoms with Crippen molar-refractivity contribution in [1.82, 2.24) is 0 Å². The van der Waals surface area contributed by atoms with E-state index in [0.717, 1.165) is 19.1 Å². The maximum Gasteiger partial charge on any atom is 0.428 e. The van der Waals surface area contributed by atoms with Gasteiger partial charge in [0, 0.05) is 5.56 Å². The van der Waals surface area contributed by atoms with Gasteiger partial charge in [-0.1, -0.05) is 18.2 Å². The molecule has 20 heavy (non-hydrogen) atoms. The van der Waals surface area contributed by atoms with E-state index in [0.29, 0.717) is 0 Å². The molecule has 1 aliphatic heterocycles. The van der Waals surface area contributed by atoms with Crippen LogP contribution < -0.4 is 5.73 Å². The Hall–Kier alpha value is -1.86. The third-order valence-electron chi connectivity index (χ3n) is 3.13. The Bertz CT molecular complexity index is 545. The second kappa shape index (κ2) is 4.60. The van der Waals surface area contributed by atoms with Gasteiger partial charge in [0.2, 0.25) is 6.10 Å². The first-order valence-electron chi connectivity index (χ1n) is 5.64. The first kappa shape index (κ1) is 14.5. The molecule has 0 unspecified atom stereocenters. The summed E-state index contributed by atoms with van der Waals surface area (Å²) >= 11 is 0. The second-order valence-electron chi connectivity index (χ2n) is 4.56. The molecule has 1 aromatic carbocycles. The summed E-state index contributed by atoms with van der Waals surface area (Å²) in [6.07, 6.45) is -10.4. The SMILES string of the molecule is C[C@]1(c2ccccc2F)N=C(N)O[C@@H](C(F)(F)F)[C@@H]1F. The molecule has 0 saturated carbocycles. The van der Waals surface area contributed by atoms with Crippen molar-refractivity contribution >= 4 is 6.02 Å². The molecule has 0 radical (unpaired) electrons. The molecule has 3 nitrogen and oxygen atoms in total. The van der Waals surface area contributed by atoms with Gasteiger partial charge >= 0.3 is 6.18 Å². The third-order valence-corrected chi connectivity index (χ3v) is 3.13. The molecule has 1 aliphatic rings. The van der Waals surface area contributed by atoms with Gasteiger partial charge in [-0.05, 0) is 13.0 Å². The average Bonchev–Trinajstić information content (AvgIpc) is 2.33. The van der Waals surface area contributed by atoms with Gasteiger partial charge < -0.3 is 10.5 Å². The minimum Gasteiger partial charge on any atom is -0.449 e. The topological polar surface area (TPSA) is 47.6 Å². The van der Waals surface area contributed by atoms with Crippen molar-refractivity contribution < 1.29 is 26.7 Å². The molecule has 0 aliphatic carbocycles. The standard InChI is InChI=1S/C12H11F5N2O/c1-11(6-4-2-3-5-7(6)13)8(14)9(12(15,16)17)20-10(18)19-11/h2-5,8-9H,1H3,(H2,18,19)/t8-,9+,11+/m0/s1. The summed E-state index contributed by atoms with van der Waals surface area (Å²) in [5, 5.41) is 0. The van der Waals surface area contributed by atoms with Crippen LogP contribution in [-0.2, 0) is 10.3 Å². The van der Waals surface area contributed by atoms with E-state index in [1.165, 1.54) is 12.1 Å². The average molecular weight is 294 g/mol. The number of alkyl halides is 4. The fourth-order valence-electron chi connectivity index (χ4n) is 2.11. The van der Waals surface area contributed by atoms with Crippen molar-refractivity contribution in [2.45, 2.75) is 30.9 Å². The Kier molecular flexibility index (Phi) is 3.35. The fraction of sp³-hybridized carbons (Fsp3) is 0.417. The number of benzene rings is 1.